The van der Waals surface area contributed by atoms with Gasteiger partial charge in [0.15, 0.2) is 0 Å². The quantitative estimate of drug-likeness (QED) is 0.752. The summed E-state index contributed by atoms with van der Waals surface area (Å²) < 4.78 is 26.6. The second kappa shape index (κ2) is 8.56. The first-order valence-corrected chi connectivity index (χ1v) is 9.32. The van der Waals surface area contributed by atoms with Gasteiger partial charge in [0.2, 0.25) is 15.9 Å². The number of nitrogens with one attached hydrogen (secondary N) is 2. The summed E-state index contributed by atoms with van der Waals surface area (Å²) in [5.41, 5.74) is 1.79. The van der Waals surface area contributed by atoms with Crippen molar-refractivity contribution in [3.8, 4) is 0 Å². The van der Waals surface area contributed by atoms with Crippen molar-refractivity contribution in [2.45, 2.75) is 25.9 Å². The Morgan fingerprint density at radius 1 is 1.12 bits per heavy atom. The zero-order valence-corrected chi connectivity index (χ0v) is 14.3. The molecule has 1 heterocycles. The van der Waals surface area contributed by atoms with Gasteiger partial charge in [0, 0.05) is 18.9 Å². The molecular weight excluding hydrogens is 326 g/mol. The van der Waals surface area contributed by atoms with Crippen LogP contribution >= 0.6 is 0 Å². The molecule has 1 aromatic carbocycles. The monoisotopic (exact) mass is 347 g/mol. The predicted molar refractivity (Wildman–Crippen MR) is 92.6 cm³/mol. The minimum Gasteiger partial charge on any atom is -0.351 e. The SMILES string of the molecule is C[C@H](NS(=O)(=O)CCc1ccccc1)C(=O)NCc1cccnc1. The van der Waals surface area contributed by atoms with Gasteiger partial charge in [0.1, 0.15) is 0 Å². The fraction of sp³-hybridized carbons (Fsp3) is 0.294. The summed E-state index contributed by atoms with van der Waals surface area (Å²) in [6, 6.07) is 12.1. The van der Waals surface area contributed by atoms with E-state index in [2.05, 4.69) is 15.0 Å². The van der Waals surface area contributed by atoms with E-state index in [4.69, 9.17) is 0 Å². The van der Waals surface area contributed by atoms with Crippen molar-refractivity contribution in [3.63, 3.8) is 0 Å². The van der Waals surface area contributed by atoms with Crippen molar-refractivity contribution in [1.29, 1.82) is 0 Å². The molecular formula is C17H21N3O3S. The molecule has 24 heavy (non-hydrogen) atoms. The zero-order chi connectivity index (χ0) is 17.4. The number of carbonyl (C=O) groups is 1. The first-order valence-electron chi connectivity index (χ1n) is 7.67. The summed E-state index contributed by atoms with van der Waals surface area (Å²) in [6.07, 6.45) is 3.70. The molecule has 2 N–H and O–H groups in total. The van der Waals surface area contributed by atoms with Gasteiger partial charge in [-0.1, -0.05) is 36.4 Å². The highest BCUT2D eigenvalue weighted by molar-refractivity contribution is 7.89. The van der Waals surface area contributed by atoms with Gasteiger partial charge in [0.25, 0.3) is 0 Å². The molecule has 0 fully saturated rings. The minimum atomic E-state index is -3.53. The Labute approximate surface area is 142 Å². The van der Waals surface area contributed by atoms with E-state index >= 15 is 0 Å². The van der Waals surface area contributed by atoms with E-state index in [1.807, 2.05) is 36.4 Å². The second-order valence-corrected chi connectivity index (χ2v) is 7.35. The number of carbonyl (C=O) groups excluding carboxylic acids is 1. The van der Waals surface area contributed by atoms with Crippen molar-refractivity contribution < 1.29 is 13.2 Å². The van der Waals surface area contributed by atoms with Gasteiger partial charge in [-0.3, -0.25) is 9.78 Å². The number of hydrogen-bond donors (Lipinski definition) is 2. The van der Waals surface area contributed by atoms with Crippen LogP contribution in [0.1, 0.15) is 18.1 Å². The number of aryl methyl sites for hydroxylation is 1. The maximum Gasteiger partial charge on any atom is 0.238 e. The van der Waals surface area contributed by atoms with Crippen LogP contribution in [0.3, 0.4) is 0 Å². The Kier molecular flexibility index (Phi) is 6.45. The number of amides is 1. The first-order chi connectivity index (χ1) is 11.5. The Hall–Kier alpha value is -2.25. The summed E-state index contributed by atoms with van der Waals surface area (Å²) in [6.45, 7) is 1.83. The molecule has 0 aliphatic carbocycles. The van der Waals surface area contributed by atoms with E-state index in [0.717, 1.165) is 11.1 Å². The van der Waals surface area contributed by atoms with Gasteiger partial charge < -0.3 is 5.32 Å². The molecule has 0 saturated heterocycles. The number of aromatic nitrogens is 1. The molecule has 2 rings (SSSR count). The summed E-state index contributed by atoms with van der Waals surface area (Å²) in [5, 5.41) is 2.69. The van der Waals surface area contributed by atoms with Crippen LogP contribution in [0.25, 0.3) is 0 Å². The fourth-order valence-corrected chi connectivity index (χ4v) is 3.39. The molecule has 0 aliphatic heterocycles. The topological polar surface area (TPSA) is 88.2 Å². The molecule has 0 saturated carbocycles. The molecule has 6 nitrogen and oxygen atoms in total. The molecule has 128 valence electrons. The summed E-state index contributed by atoms with van der Waals surface area (Å²) >= 11 is 0. The van der Waals surface area contributed by atoms with Crippen LogP contribution in [0.2, 0.25) is 0 Å². The molecule has 7 heteroatoms. The van der Waals surface area contributed by atoms with E-state index < -0.39 is 16.1 Å². The first kappa shape index (κ1) is 18.1. The number of nitrogens with zero attached hydrogens (tertiary/aromatic N) is 1. The Morgan fingerprint density at radius 2 is 1.83 bits per heavy atom. The van der Waals surface area contributed by atoms with E-state index in [9.17, 15) is 13.2 Å². The van der Waals surface area contributed by atoms with Crippen LogP contribution in [0.5, 0.6) is 0 Å². The van der Waals surface area contributed by atoms with Crippen LogP contribution in [0.4, 0.5) is 0 Å². The van der Waals surface area contributed by atoms with E-state index in [0.29, 0.717) is 13.0 Å². The standard InChI is InChI=1S/C17H21N3O3S/c1-14(17(21)19-13-16-8-5-10-18-12-16)20-24(22,23)11-9-15-6-3-2-4-7-15/h2-8,10,12,14,20H,9,11,13H2,1H3,(H,19,21)/t14-/m0/s1. The van der Waals surface area contributed by atoms with E-state index in [1.165, 1.54) is 6.92 Å². The molecule has 0 radical (unpaired) electrons. The Bertz CT molecular complexity index is 749. The van der Waals surface area contributed by atoms with Crippen LogP contribution in [0.15, 0.2) is 54.9 Å². The maximum absolute atomic E-state index is 12.1. The molecule has 0 unspecified atom stereocenters. The van der Waals surface area contributed by atoms with Crippen molar-refractivity contribution >= 4 is 15.9 Å². The zero-order valence-electron chi connectivity index (χ0n) is 13.5. The Balaban J connectivity index is 1.81. The molecule has 0 aliphatic rings. The lowest BCUT2D eigenvalue weighted by Gasteiger charge is -2.14. The average molecular weight is 347 g/mol. The van der Waals surface area contributed by atoms with Gasteiger partial charge in [-0.25, -0.2) is 13.1 Å². The van der Waals surface area contributed by atoms with Crippen LogP contribution < -0.4 is 10.0 Å². The van der Waals surface area contributed by atoms with Gasteiger partial charge in [0.05, 0.1) is 11.8 Å². The highest BCUT2D eigenvalue weighted by Gasteiger charge is 2.19. The van der Waals surface area contributed by atoms with E-state index in [1.54, 1.807) is 18.5 Å². The highest BCUT2D eigenvalue weighted by atomic mass is 32.2. The lowest BCUT2D eigenvalue weighted by molar-refractivity contribution is -0.122. The normalized spacial score (nSPS) is 12.5. The van der Waals surface area contributed by atoms with Gasteiger partial charge in [-0.15, -0.1) is 0 Å². The third-order valence-electron chi connectivity index (χ3n) is 3.44. The van der Waals surface area contributed by atoms with Gasteiger partial charge in [-0.05, 0) is 30.5 Å². The van der Waals surface area contributed by atoms with Crippen molar-refractivity contribution in [1.82, 2.24) is 15.0 Å². The second-order valence-electron chi connectivity index (χ2n) is 5.47. The average Bonchev–Trinajstić information content (AvgIpc) is 2.59. The lowest BCUT2D eigenvalue weighted by Crippen LogP contribution is -2.45. The molecule has 1 aromatic heterocycles. The molecule has 0 bridgehead atoms. The van der Waals surface area contributed by atoms with Crippen molar-refractivity contribution in [2.75, 3.05) is 5.75 Å². The van der Waals surface area contributed by atoms with Crippen LogP contribution in [0, 0.1) is 0 Å². The molecule has 1 amide bonds. The summed E-state index contributed by atoms with van der Waals surface area (Å²) in [4.78, 5) is 16.0. The van der Waals surface area contributed by atoms with Crippen LogP contribution in [-0.4, -0.2) is 31.1 Å². The molecule has 2 aromatic rings. The number of sulfonamides is 1. The van der Waals surface area contributed by atoms with Gasteiger partial charge >= 0.3 is 0 Å². The predicted octanol–water partition coefficient (Wildman–Crippen LogP) is 1.25. The third kappa shape index (κ3) is 6.10. The van der Waals surface area contributed by atoms with Crippen molar-refractivity contribution in [2.24, 2.45) is 0 Å². The third-order valence-corrected chi connectivity index (χ3v) is 4.90. The van der Waals surface area contributed by atoms with E-state index in [-0.39, 0.29) is 11.7 Å². The fourth-order valence-electron chi connectivity index (χ4n) is 2.12. The number of pyridine rings is 1. The minimum absolute atomic E-state index is 0.0583. The lowest BCUT2D eigenvalue weighted by atomic mass is 10.2. The summed E-state index contributed by atoms with van der Waals surface area (Å²) in [5.74, 6) is -0.431. The van der Waals surface area contributed by atoms with Crippen molar-refractivity contribution in [3.05, 3.63) is 66.0 Å². The summed E-state index contributed by atoms with van der Waals surface area (Å²) in [7, 11) is -3.53. The Morgan fingerprint density at radius 3 is 2.50 bits per heavy atom. The largest absolute Gasteiger partial charge is 0.351 e. The molecule has 0 spiro atoms. The number of hydrogen-bond acceptors (Lipinski definition) is 4. The van der Waals surface area contributed by atoms with Gasteiger partial charge in [-0.2, -0.15) is 0 Å². The van der Waals surface area contributed by atoms with Crippen LogP contribution in [-0.2, 0) is 27.8 Å². The number of benzene rings is 1. The highest BCUT2D eigenvalue weighted by Crippen LogP contribution is 2.02. The number of rotatable bonds is 8. The molecule has 1 atom stereocenters. The smallest absolute Gasteiger partial charge is 0.238 e. The maximum atomic E-state index is 12.1.